The number of carbonyl (C=O) groups is 1. The molecule has 1 atom stereocenters. The Bertz CT molecular complexity index is 1440. The van der Waals surface area contributed by atoms with Crippen molar-refractivity contribution in [3.8, 4) is 11.3 Å². The van der Waals surface area contributed by atoms with Crippen LogP contribution in [0.15, 0.2) is 58.7 Å². The number of carbonyl (C=O) groups excluding carboxylic acids is 1. The maximum absolute atomic E-state index is 13.2. The summed E-state index contributed by atoms with van der Waals surface area (Å²) in [5, 5.41) is 3.71. The highest BCUT2D eigenvalue weighted by molar-refractivity contribution is 14.1. The minimum atomic E-state index is -1.18. The van der Waals surface area contributed by atoms with Gasteiger partial charge in [0.25, 0.3) is 0 Å². The van der Waals surface area contributed by atoms with E-state index in [1.54, 1.807) is 6.34 Å². The summed E-state index contributed by atoms with van der Waals surface area (Å²) >= 11 is -0.558. The number of ether oxygens (including phenoxy) is 1. The van der Waals surface area contributed by atoms with E-state index in [0.29, 0.717) is 29.6 Å². The minimum absolute atomic E-state index is 0.191. The highest BCUT2D eigenvalue weighted by Gasteiger charge is 2.27. The summed E-state index contributed by atoms with van der Waals surface area (Å²) in [6, 6.07) is 13.9. The maximum Gasteiger partial charge on any atom is 0.411 e. The molecule has 1 aliphatic carbocycles. The molecule has 1 saturated carbocycles. The number of halogens is 1. The lowest BCUT2D eigenvalue weighted by Gasteiger charge is -2.30. The minimum Gasteiger partial charge on any atom is -0.447 e. The van der Waals surface area contributed by atoms with Gasteiger partial charge in [-0.2, -0.15) is 6.35 Å². The molecule has 1 aromatic heterocycles. The molecule has 11 heteroatoms. The van der Waals surface area contributed by atoms with Crippen molar-refractivity contribution in [3.05, 3.63) is 42.5 Å². The van der Waals surface area contributed by atoms with E-state index >= 15 is 0 Å². The molecule has 194 valence electrons. The van der Waals surface area contributed by atoms with Gasteiger partial charge >= 0.3 is 6.09 Å². The summed E-state index contributed by atoms with van der Waals surface area (Å²) < 4.78 is 29.1. The van der Waals surface area contributed by atoms with Crippen LogP contribution in [0.1, 0.15) is 45.6 Å². The van der Waals surface area contributed by atoms with Crippen molar-refractivity contribution < 1.29 is 13.7 Å². The number of nitrogen functional groups attached to an aromatic ring is 1. The van der Waals surface area contributed by atoms with Crippen molar-refractivity contribution in [1.82, 2.24) is 4.57 Å². The molecule has 2 heterocycles. The predicted molar refractivity (Wildman–Crippen MR) is 158 cm³/mol. The second-order valence-corrected chi connectivity index (χ2v) is 12.3. The number of nitrogens with one attached hydrogen (secondary N) is 1. The number of nitrogens with two attached hydrogens (primary N) is 1. The summed E-state index contributed by atoms with van der Waals surface area (Å²) in [5.74, 6) is 1.20. The summed E-state index contributed by atoms with van der Waals surface area (Å²) in [6.45, 7) is 3.62. The lowest BCUT2D eigenvalue weighted by atomic mass is 9.92. The van der Waals surface area contributed by atoms with Gasteiger partial charge in [0.15, 0.2) is 0 Å². The van der Waals surface area contributed by atoms with E-state index in [0.717, 1.165) is 45.7 Å². The first kappa shape index (κ1) is 25.7. The number of hydrogen-bond acceptors (Lipinski definition) is 7. The molecule has 1 unspecified atom stereocenters. The number of benzene rings is 2. The average Bonchev–Trinajstić information content (AvgIpc) is 3.13. The summed E-state index contributed by atoms with van der Waals surface area (Å²) in [6.07, 6.45) is 4.78. The number of aromatic nitrogens is 1. The zero-order valence-corrected chi connectivity index (χ0v) is 23.7. The molecular formula is C26H29IN6O3S. The maximum atomic E-state index is 13.2. The first-order chi connectivity index (χ1) is 17.9. The topological polar surface area (TPSA) is 123 Å². The van der Waals surface area contributed by atoms with Gasteiger partial charge < -0.3 is 15.0 Å². The molecule has 1 aliphatic heterocycles. The zero-order valence-electron chi connectivity index (χ0n) is 20.7. The van der Waals surface area contributed by atoms with E-state index in [1.165, 1.54) is 6.42 Å². The molecule has 0 radical (unpaired) electrons. The second kappa shape index (κ2) is 11.2. The molecule has 37 heavy (non-hydrogen) atoms. The first-order valence-corrected chi connectivity index (χ1v) is 15.5. The fraction of sp³-hybridized carbons (Fsp3) is 0.346. The third kappa shape index (κ3) is 5.66. The van der Waals surface area contributed by atoms with Crippen LogP contribution in [0.3, 0.4) is 0 Å². The lowest BCUT2D eigenvalue weighted by molar-refractivity contribution is 0.130. The molecule has 1 fully saturated rings. The van der Waals surface area contributed by atoms with Gasteiger partial charge in [-0.3, -0.25) is 9.53 Å². The Kier molecular flexibility index (Phi) is 7.79. The van der Waals surface area contributed by atoms with Crippen LogP contribution in [-0.2, 0) is 15.5 Å². The number of nitrogens with zero attached hydrogens (tertiary/aromatic N) is 4. The van der Waals surface area contributed by atoms with Crippen LogP contribution >= 0.6 is 21.3 Å². The van der Waals surface area contributed by atoms with Gasteiger partial charge in [0.2, 0.25) is 0 Å². The van der Waals surface area contributed by atoms with Crippen molar-refractivity contribution in [2.24, 2.45) is 11.3 Å². The van der Waals surface area contributed by atoms with Gasteiger partial charge in [-0.05, 0) is 63.4 Å². The molecule has 1 amide bonds. The van der Waals surface area contributed by atoms with Crippen molar-refractivity contribution in [2.45, 2.75) is 56.6 Å². The molecular weight excluding hydrogens is 603 g/mol. The highest BCUT2D eigenvalue weighted by atomic mass is 127. The molecule has 3 aromatic rings. The third-order valence-corrected chi connectivity index (χ3v) is 9.03. The monoisotopic (exact) mass is 632 g/mol. The van der Waals surface area contributed by atoms with Crippen molar-refractivity contribution in [2.75, 3.05) is 16.8 Å². The van der Waals surface area contributed by atoms with Crippen LogP contribution in [0, 0.1) is 0 Å². The highest BCUT2D eigenvalue weighted by Crippen LogP contribution is 2.44. The van der Waals surface area contributed by atoms with Gasteiger partial charge in [0, 0.05) is 39.7 Å². The third-order valence-electron chi connectivity index (χ3n) is 6.41. The van der Waals surface area contributed by atoms with Crippen LogP contribution in [-0.4, -0.2) is 38.9 Å². The summed E-state index contributed by atoms with van der Waals surface area (Å²) in [4.78, 5) is 16.9. The molecule has 9 nitrogen and oxygen atoms in total. The van der Waals surface area contributed by atoms with Gasteiger partial charge in [-0.1, -0.05) is 12.1 Å². The first-order valence-electron chi connectivity index (χ1n) is 12.2. The van der Waals surface area contributed by atoms with E-state index in [2.05, 4.69) is 21.2 Å². The Hall–Kier alpha value is -2.93. The molecule has 2 aliphatic rings. The number of hydrogen-bond donors (Lipinski definition) is 2. The molecule has 0 saturated heterocycles. The van der Waals surface area contributed by atoms with E-state index in [1.807, 2.05) is 56.3 Å². The summed E-state index contributed by atoms with van der Waals surface area (Å²) in [5.41, 5.74) is 11.0. The lowest BCUT2D eigenvalue weighted by Crippen LogP contribution is -2.18. The predicted octanol–water partition coefficient (Wildman–Crippen LogP) is 6.58. The molecule has 0 bridgehead atoms. The standard InChI is InChI=1S/C26H29IN6O3S/c1-16(2)36-26(34)31-18-8-6-17(7-9-18)25-24(28)21-11-10-20(14-22(21)33(25)19-4-3-5-19)37(35)13-12-23-29-15-30-27-32-23/h6-11,14-16,19H,3-5,12-13,28H2,1-2H3,(H,31,34). The van der Waals surface area contributed by atoms with E-state index in [9.17, 15) is 9.00 Å². The van der Waals surface area contributed by atoms with Crippen LogP contribution in [0.2, 0.25) is 0 Å². The Morgan fingerprint density at radius 1 is 1.24 bits per heavy atom. The van der Waals surface area contributed by atoms with Crippen LogP contribution in [0.25, 0.3) is 22.2 Å². The van der Waals surface area contributed by atoms with Gasteiger partial charge in [0.05, 0.1) is 33.8 Å². The van der Waals surface area contributed by atoms with Gasteiger partial charge in [0.1, 0.15) is 33.5 Å². The van der Waals surface area contributed by atoms with Crippen molar-refractivity contribution in [1.29, 1.82) is 0 Å². The Morgan fingerprint density at radius 2 is 2.03 bits per heavy atom. The Balaban J connectivity index is 1.45. The van der Waals surface area contributed by atoms with Crippen molar-refractivity contribution in [3.63, 3.8) is 0 Å². The number of fused-ring (bicyclic) bond motifs is 1. The van der Waals surface area contributed by atoms with Gasteiger partial charge in [-0.25, -0.2) is 9.79 Å². The zero-order chi connectivity index (χ0) is 25.9. The van der Waals surface area contributed by atoms with E-state index < -0.39 is 38.2 Å². The SMILES string of the molecule is CC(C)OC(=O)Nc1ccc(-c2c(N)c3ccc(S(=O)CCC4=NC=NI=N4)cc3n2C2CCC2)cc1. The summed E-state index contributed by atoms with van der Waals surface area (Å²) in [7, 11) is -1.18. The van der Waals surface area contributed by atoms with Crippen LogP contribution < -0.4 is 11.1 Å². The fourth-order valence-corrected chi connectivity index (χ4v) is 6.50. The number of anilines is 2. The Morgan fingerprint density at radius 3 is 2.68 bits per heavy atom. The molecule has 0 spiro atoms. The number of rotatable bonds is 8. The fourth-order valence-electron chi connectivity index (χ4n) is 4.45. The molecule has 3 N–H and O–H groups in total. The second-order valence-electron chi connectivity index (χ2n) is 9.27. The number of aliphatic imine (C=N–C) groups is 1. The van der Waals surface area contributed by atoms with E-state index in [4.69, 9.17) is 10.5 Å². The average molecular weight is 633 g/mol. The quantitative estimate of drug-likeness (QED) is 0.272. The van der Waals surface area contributed by atoms with E-state index in [-0.39, 0.29) is 6.10 Å². The molecule has 2 aromatic carbocycles. The normalized spacial score (nSPS) is 16.2. The Labute approximate surface area is 228 Å². The largest absolute Gasteiger partial charge is 0.447 e. The number of amidine groups is 1. The van der Waals surface area contributed by atoms with Gasteiger partial charge in [-0.15, -0.1) is 0 Å². The smallest absolute Gasteiger partial charge is 0.411 e. The van der Waals surface area contributed by atoms with Crippen LogP contribution in [0.4, 0.5) is 16.2 Å². The molecule has 5 rings (SSSR count). The van der Waals surface area contributed by atoms with Crippen molar-refractivity contribution >= 4 is 72.7 Å². The number of amides is 1. The van der Waals surface area contributed by atoms with Crippen LogP contribution in [0.5, 0.6) is 0 Å².